The van der Waals surface area contributed by atoms with Crippen molar-refractivity contribution in [2.24, 2.45) is 0 Å². The van der Waals surface area contributed by atoms with Gasteiger partial charge in [-0.05, 0) is 13.3 Å². The van der Waals surface area contributed by atoms with Gasteiger partial charge in [0.15, 0.2) is 5.13 Å². The standard InChI is InChI=1S/C11H19N3OS/c1-10-9-13(4-2-7-15)5-6-14(10)11-12-3-8-16-11/h3,8,10,15H,2,4-7,9H2,1H3. The Morgan fingerprint density at radius 1 is 1.56 bits per heavy atom. The summed E-state index contributed by atoms with van der Waals surface area (Å²) in [6, 6.07) is 0.513. The summed E-state index contributed by atoms with van der Waals surface area (Å²) in [4.78, 5) is 9.16. The van der Waals surface area contributed by atoms with E-state index < -0.39 is 0 Å². The van der Waals surface area contributed by atoms with Crippen LogP contribution in [-0.4, -0.2) is 53.8 Å². The molecule has 1 aromatic rings. The van der Waals surface area contributed by atoms with Crippen LogP contribution in [-0.2, 0) is 0 Å². The number of anilines is 1. The minimum Gasteiger partial charge on any atom is -0.396 e. The number of hydrogen-bond acceptors (Lipinski definition) is 5. The zero-order valence-corrected chi connectivity index (χ0v) is 10.5. The first-order valence-electron chi connectivity index (χ1n) is 5.80. The number of aromatic nitrogens is 1. The lowest BCUT2D eigenvalue weighted by Crippen LogP contribution is -2.52. The van der Waals surface area contributed by atoms with Crippen molar-refractivity contribution in [3.05, 3.63) is 11.6 Å². The molecule has 2 rings (SSSR count). The summed E-state index contributed by atoms with van der Waals surface area (Å²) in [6.45, 7) is 6.73. The lowest BCUT2D eigenvalue weighted by Gasteiger charge is -2.39. The third kappa shape index (κ3) is 2.72. The molecular formula is C11H19N3OS. The van der Waals surface area contributed by atoms with Gasteiger partial charge in [0.2, 0.25) is 0 Å². The molecule has 1 saturated heterocycles. The second-order valence-electron chi connectivity index (χ2n) is 4.23. The topological polar surface area (TPSA) is 39.6 Å². The smallest absolute Gasteiger partial charge is 0.185 e. The van der Waals surface area contributed by atoms with E-state index in [0.29, 0.717) is 12.6 Å². The molecule has 0 aliphatic carbocycles. The summed E-state index contributed by atoms with van der Waals surface area (Å²) in [6.07, 6.45) is 2.74. The van der Waals surface area contributed by atoms with Crippen molar-refractivity contribution in [3.63, 3.8) is 0 Å². The predicted molar refractivity (Wildman–Crippen MR) is 67.1 cm³/mol. The molecular weight excluding hydrogens is 222 g/mol. The van der Waals surface area contributed by atoms with Crippen molar-refractivity contribution >= 4 is 16.5 Å². The fraction of sp³-hybridized carbons (Fsp3) is 0.727. The third-order valence-corrected chi connectivity index (χ3v) is 3.82. The van der Waals surface area contributed by atoms with Crippen LogP contribution in [0.5, 0.6) is 0 Å². The molecule has 0 spiro atoms. The third-order valence-electron chi connectivity index (χ3n) is 3.01. The molecule has 5 heteroatoms. The van der Waals surface area contributed by atoms with E-state index in [1.165, 1.54) is 0 Å². The zero-order valence-electron chi connectivity index (χ0n) is 9.67. The van der Waals surface area contributed by atoms with Gasteiger partial charge in [-0.3, -0.25) is 4.90 Å². The Kier molecular flexibility index (Phi) is 4.15. The molecule has 16 heavy (non-hydrogen) atoms. The van der Waals surface area contributed by atoms with Crippen molar-refractivity contribution in [2.45, 2.75) is 19.4 Å². The minimum atomic E-state index is 0.293. The second-order valence-corrected chi connectivity index (χ2v) is 5.11. The van der Waals surface area contributed by atoms with Gasteiger partial charge in [-0.25, -0.2) is 4.98 Å². The summed E-state index contributed by atoms with van der Waals surface area (Å²) in [5.74, 6) is 0. The minimum absolute atomic E-state index is 0.293. The van der Waals surface area contributed by atoms with Crippen LogP contribution in [0.4, 0.5) is 5.13 Å². The largest absolute Gasteiger partial charge is 0.396 e. The maximum Gasteiger partial charge on any atom is 0.185 e. The van der Waals surface area contributed by atoms with Crippen LogP contribution in [0.2, 0.25) is 0 Å². The van der Waals surface area contributed by atoms with Crippen molar-refractivity contribution in [1.29, 1.82) is 0 Å². The van der Waals surface area contributed by atoms with Gasteiger partial charge < -0.3 is 10.0 Å². The molecule has 1 aliphatic heterocycles. The van der Waals surface area contributed by atoms with Crippen molar-refractivity contribution in [2.75, 3.05) is 37.7 Å². The number of piperazine rings is 1. The van der Waals surface area contributed by atoms with Crippen LogP contribution < -0.4 is 4.90 Å². The summed E-state index contributed by atoms with van der Waals surface area (Å²) < 4.78 is 0. The van der Waals surface area contributed by atoms with Gasteiger partial charge in [-0.2, -0.15) is 0 Å². The molecule has 0 amide bonds. The molecule has 1 unspecified atom stereocenters. The monoisotopic (exact) mass is 241 g/mol. The van der Waals surface area contributed by atoms with Gasteiger partial charge in [-0.1, -0.05) is 0 Å². The molecule has 0 radical (unpaired) electrons. The number of rotatable bonds is 4. The Morgan fingerprint density at radius 3 is 3.06 bits per heavy atom. The van der Waals surface area contributed by atoms with E-state index in [0.717, 1.165) is 37.7 Å². The molecule has 90 valence electrons. The molecule has 2 heterocycles. The average molecular weight is 241 g/mol. The quantitative estimate of drug-likeness (QED) is 0.855. The van der Waals surface area contributed by atoms with Gasteiger partial charge >= 0.3 is 0 Å². The Balaban J connectivity index is 1.88. The van der Waals surface area contributed by atoms with Crippen LogP contribution in [0.25, 0.3) is 0 Å². The summed E-state index contributed by atoms with van der Waals surface area (Å²) in [7, 11) is 0. The number of nitrogens with zero attached hydrogens (tertiary/aromatic N) is 3. The van der Waals surface area contributed by atoms with Gasteiger partial charge in [-0.15, -0.1) is 11.3 Å². The highest BCUT2D eigenvalue weighted by Gasteiger charge is 2.24. The van der Waals surface area contributed by atoms with Crippen LogP contribution in [0.3, 0.4) is 0 Å². The highest BCUT2D eigenvalue weighted by atomic mass is 32.1. The van der Waals surface area contributed by atoms with Crippen molar-refractivity contribution in [3.8, 4) is 0 Å². The van der Waals surface area contributed by atoms with Crippen molar-refractivity contribution in [1.82, 2.24) is 9.88 Å². The van der Waals surface area contributed by atoms with Crippen LogP contribution in [0.15, 0.2) is 11.6 Å². The van der Waals surface area contributed by atoms with E-state index in [1.54, 1.807) is 11.3 Å². The molecule has 4 nitrogen and oxygen atoms in total. The van der Waals surface area contributed by atoms with Gasteiger partial charge in [0.25, 0.3) is 0 Å². The second kappa shape index (κ2) is 5.61. The summed E-state index contributed by atoms with van der Waals surface area (Å²) >= 11 is 1.71. The number of aliphatic hydroxyl groups excluding tert-OH is 1. The molecule has 1 aliphatic rings. The zero-order chi connectivity index (χ0) is 11.4. The predicted octanol–water partition coefficient (Wildman–Crippen LogP) is 1.04. The first-order chi connectivity index (χ1) is 7.81. The SMILES string of the molecule is CC1CN(CCCO)CCN1c1nccs1. The van der Waals surface area contributed by atoms with Crippen molar-refractivity contribution < 1.29 is 5.11 Å². The average Bonchev–Trinajstić information content (AvgIpc) is 2.80. The van der Waals surface area contributed by atoms with Crippen LogP contribution in [0, 0.1) is 0 Å². The van der Waals surface area contributed by atoms with Gasteiger partial charge in [0.05, 0.1) is 0 Å². The van der Waals surface area contributed by atoms with E-state index in [2.05, 4.69) is 21.7 Å². The Bertz CT molecular complexity index is 304. The number of aliphatic hydroxyl groups is 1. The first-order valence-corrected chi connectivity index (χ1v) is 6.68. The highest BCUT2D eigenvalue weighted by Crippen LogP contribution is 2.22. The Labute approximate surface area is 101 Å². The maximum absolute atomic E-state index is 8.82. The molecule has 1 aromatic heterocycles. The molecule has 0 bridgehead atoms. The lowest BCUT2D eigenvalue weighted by molar-refractivity contribution is 0.199. The van der Waals surface area contributed by atoms with E-state index in [4.69, 9.17) is 5.11 Å². The van der Waals surface area contributed by atoms with E-state index in [1.807, 2.05) is 11.6 Å². The van der Waals surface area contributed by atoms with E-state index in [-0.39, 0.29) is 0 Å². The fourth-order valence-electron chi connectivity index (χ4n) is 2.17. The Morgan fingerprint density at radius 2 is 2.44 bits per heavy atom. The number of hydrogen-bond donors (Lipinski definition) is 1. The fourth-order valence-corrected chi connectivity index (χ4v) is 2.94. The van der Waals surface area contributed by atoms with Crippen LogP contribution in [0.1, 0.15) is 13.3 Å². The van der Waals surface area contributed by atoms with Gasteiger partial charge in [0.1, 0.15) is 0 Å². The normalized spacial score (nSPS) is 22.6. The van der Waals surface area contributed by atoms with E-state index in [9.17, 15) is 0 Å². The van der Waals surface area contributed by atoms with Gasteiger partial charge in [0, 0.05) is 50.4 Å². The molecule has 0 saturated carbocycles. The Hall–Kier alpha value is -0.650. The molecule has 0 aromatic carbocycles. The first kappa shape index (κ1) is 11.8. The summed E-state index contributed by atoms with van der Waals surface area (Å²) in [5.41, 5.74) is 0. The van der Waals surface area contributed by atoms with Crippen LogP contribution >= 0.6 is 11.3 Å². The molecule has 1 N–H and O–H groups in total. The van der Waals surface area contributed by atoms with E-state index >= 15 is 0 Å². The lowest BCUT2D eigenvalue weighted by atomic mass is 10.2. The maximum atomic E-state index is 8.82. The molecule has 1 atom stereocenters. The molecule has 1 fully saturated rings. The number of thiazole rings is 1. The highest BCUT2D eigenvalue weighted by molar-refractivity contribution is 7.13. The summed E-state index contributed by atoms with van der Waals surface area (Å²) in [5, 5.41) is 12.0.